The lowest BCUT2D eigenvalue weighted by atomic mass is 10.0. The highest BCUT2D eigenvalue weighted by Gasteiger charge is 2.14. The van der Waals surface area contributed by atoms with E-state index in [-0.39, 0.29) is 24.3 Å². The Hall–Kier alpha value is -1.62. The van der Waals surface area contributed by atoms with E-state index in [4.69, 9.17) is 10.5 Å². The van der Waals surface area contributed by atoms with E-state index in [0.717, 1.165) is 6.42 Å². The summed E-state index contributed by atoms with van der Waals surface area (Å²) in [5.41, 5.74) is 6.57. The van der Waals surface area contributed by atoms with Gasteiger partial charge < -0.3 is 15.4 Å². The van der Waals surface area contributed by atoms with Gasteiger partial charge in [0, 0.05) is 20.1 Å². The Bertz CT molecular complexity index is 435. The molecule has 0 saturated carbocycles. The van der Waals surface area contributed by atoms with Gasteiger partial charge in [0.1, 0.15) is 0 Å². The largest absolute Gasteiger partial charge is 0.480 e. The normalized spacial score (nSPS) is 12.1. The molecule has 5 heteroatoms. The molecule has 1 rings (SSSR count). The van der Waals surface area contributed by atoms with Crippen molar-refractivity contribution in [3.63, 3.8) is 0 Å². The number of benzene rings is 1. The number of para-hydroxylation sites is 1. The molecule has 0 saturated heterocycles. The predicted octanol–water partition coefficient (Wildman–Crippen LogP) is 1.57. The van der Waals surface area contributed by atoms with Crippen LogP contribution in [0.15, 0.2) is 18.2 Å². The van der Waals surface area contributed by atoms with Gasteiger partial charge in [0.15, 0.2) is 18.2 Å². The van der Waals surface area contributed by atoms with Gasteiger partial charge in [-0.05, 0) is 24.5 Å². The Morgan fingerprint density at radius 2 is 2.16 bits per heavy atom. The molecule has 4 nitrogen and oxygen atoms in total. The van der Waals surface area contributed by atoms with Crippen LogP contribution in [0.1, 0.15) is 18.9 Å². The summed E-state index contributed by atoms with van der Waals surface area (Å²) in [4.78, 5) is 12.9. The molecule has 0 aliphatic carbocycles. The van der Waals surface area contributed by atoms with Crippen LogP contribution in [0.2, 0.25) is 0 Å². The molecule has 0 bridgehead atoms. The Morgan fingerprint density at radius 1 is 1.47 bits per heavy atom. The van der Waals surface area contributed by atoms with Crippen molar-refractivity contribution in [1.82, 2.24) is 4.90 Å². The fourth-order valence-corrected chi connectivity index (χ4v) is 1.57. The molecule has 0 fully saturated rings. The molecular weight excluding hydrogens is 247 g/mol. The van der Waals surface area contributed by atoms with Crippen molar-refractivity contribution in [2.45, 2.75) is 25.8 Å². The smallest absolute Gasteiger partial charge is 0.259 e. The topological polar surface area (TPSA) is 55.6 Å². The summed E-state index contributed by atoms with van der Waals surface area (Å²) in [6.45, 7) is 1.79. The van der Waals surface area contributed by atoms with Gasteiger partial charge in [-0.1, -0.05) is 19.1 Å². The fourth-order valence-electron chi connectivity index (χ4n) is 1.57. The molecule has 0 aromatic heterocycles. The van der Waals surface area contributed by atoms with Crippen molar-refractivity contribution in [2.75, 3.05) is 20.7 Å². The number of rotatable bonds is 6. The number of hydrogen-bond donors (Lipinski definition) is 1. The molecule has 0 heterocycles. The standard InChI is InChI=1S/C14H21FN2O2/c1-4-11(16)8-10-6-5-7-12(15)14(10)19-9-13(18)17(2)3/h5-7,11H,4,8-9,16H2,1-3H3. The monoisotopic (exact) mass is 268 g/mol. The minimum absolute atomic E-state index is 0.0475. The maximum Gasteiger partial charge on any atom is 0.259 e. The molecule has 0 radical (unpaired) electrons. The van der Waals surface area contributed by atoms with E-state index in [1.54, 1.807) is 26.2 Å². The van der Waals surface area contributed by atoms with Gasteiger partial charge in [-0.15, -0.1) is 0 Å². The second-order valence-corrected chi connectivity index (χ2v) is 4.68. The summed E-state index contributed by atoms with van der Waals surface area (Å²) >= 11 is 0. The van der Waals surface area contributed by atoms with E-state index in [1.807, 2.05) is 6.92 Å². The predicted molar refractivity (Wildman–Crippen MR) is 72.6 cm³/mol. The van der Waals surface area contributed by atoms with Gasteiger partial charge in [0.05, 0.1) is 0 Å². The highest BCUT2D eigenvalue weighted by atomic mass is 19.1. The van der Waals surface area contributed by atoms with Crippen LogP contribution < -0.4 is 10.5 Å². The molecule has 1 amide bonds. The molecule has 1 aromatic rings. The second-order valence-electron chi connectivity index (χ2n) is 4.68. The van der Waals surface area contributed by atoms with Gasteiger partial charge in [0.2, 0.25) is 0 Å². The van der Waals surface area contributed by atoms with E-state index in [0.29, 0.717) is 12.0 Å². The molecule has 0 aliphatic heterocycles. The van der Waals surface area contributed by atoms with Crippen molar-refractivity contribution in [2.24, 2.45) is 5.73 Å². The number of amides is 1. The number of halogens is 1. The number of ether oxygens (including phenoxy) is 1. The summed E-state index contributed by atoms with van der Waals surface area (Å²) in [5, 5.41) is 0. The van der Waals surface area contributed by atoms with E-state index in [1.165, 1.54) is 11.0 Å². The van der Waals surface area contributed by atoms with Crippen molar-refractivity contribution in [1.29, 1.82) is 0 Å². The zero-order valence-electron chi connectivity index (χ0n) is 11.6. The number of carbonyl (C=O) groups excluding carboxylic acids is 1. The van der Waals surface area contributed by atoms with Crippen LogP contribution >= 0.6 is 0 Å². The number of nitrogens with zero attached hydrogens (tertiary/aromatic N) is 1. The van der Waals surface area contributed by atoms with Crippen molar-refractivity contribution < 1.29 is 13.9 Å². The third-order valence-corrected chi connectivity index (χ3v) is 2.89. The first-order valence-electron chi connectivity index (χ1n) is 6.31. The second kappa shape index (κ2) is 7.09. The quantitative estimate of drug-likeness (QED) is 0.852. The van der Waals surface area contributed by atoms with Crippen LogP contribution in [0.3, 0.4) is 0 Å². The number of nitrogens with two attached hydrogens (primary N) is 1. The Kier molecular flexibility index (Phi) is 5.76. The summed E-state index contributed by atoms with van der Waals surface area (Å²) in [5.74, 6) is -0.553. The molecule has 1 atom stereocenters. The Balaban J connectivity index is 2.83. The first kappa shape index (κ1) is 15.4. The molecular formula is C14H21FN2O2. The maximum absolute atomic E-state index is 13.8. The summed E-state index contributed by atoms with van der Waals surface area (Å²) in [7, 11) is 3.25. The molecule has 2 N–H and O–H groups in total. The van der Waals surface area contributed by atoms with Gasteiger partial charge in [0.25, 0.3) is 5.91 Å². The van der Waals surface area contributed by atoms with Crippen molar-refractivity contribution in [3.05, 3.63) is 29.6 Å². The SMILES string of the molecule is CCC(N)Cc1cccc(F)c1OCC(=O)N(C)C. The average molecular weight is 268 g/mol. The summed E-state index contributed by atoms with van der Waals surface area (Å²) in [6.07, 6.45) is 1.33. The van der Waals surface area contributed by atoms with Crippen molar-refractivity contribution in [3.8, 4) is 5.75 Å². The lowest BCUT2D eigenvalue weighted by molar-refractivity contribution is -0.130. The lowest BCUT2D eigenvalue weighted by Gasteiger charge is -2.16. The molecule has 0 aliphatic rings. The number of likely N-dealkylation sites (N-methyl/N-ethyl adjacent to an activating group) is 1. The third kappa shape index (κ3) is 4.52. The minimum Gasteiger partial charge on any atom is -0.480 e. The zero-order valence-corrected chi connectivity index (χ0v) is 11.6. The molecule has 106 valence electrons. The maximum atomic E-state index is 13.8. The number of hydrogen-bond acceptors (Lipinski definition) is 3. The highest BCUT2D eigenvalue weighted by Crippen LogP contribution is 2.24. The van der Waals surface area contributed by atoms with Crippen LogP contribution in [-0.4, -0.2) is 37.6 Å². The Morgan fingerprint density at radius 3 is 2.74 bits per heavy atom. The fraction of sp³-hybridized carbons (Fsp3) is 0.500. The number of carbonyl (C=O) groups is 1. The van der Waals surface area contributed by atoms with Crippen LogP contribution in [-0.2, 0) is 11.2 Å². The molecule has 1 aromatic carbocycles. The van der Waals surface area contributed by atoms with Crippen LogP contribution in [0.4, 0.5) is 4.39 Å². The average Bonchev–Trinajstić information content (AvgIpc) is 2.37. The molecule has 19 heavy (non-hydrogen) atoms. The minimum atomic E-state index is -0.465. The first-order valence-corrected chi connectivity index (χ1v) is 6.31. The van der Waals surface area contributed by atoms with E-state index >= 15 is 0 Å². The van der Waals surface area contributed by atoms with Gasteiger partial charge in [-0.2, -0.15) is 0 Å². The van der Waals surface area contributed by atoms with Crippen molar-refractivity contribution >= 4 is 5.91 Å². The summed E-state index contributed by atoms with van der Waals surface area (Å²) in [6, 6.07) is 4.66. The molecule has 0 spiro atoms. The van der Waals surface area contributed by atoms with E-state index in [2.05, 4.69) is 0 Å². The van der Waals surface area contributed by atoms with Gasteiger partial charge in [-0.3, -0.25) is 4.79 Å². The van der Waals surface area contributed by atoms with E-state index in [9.17, 15) is 9.18 Å². The third-order valence-electron chi connectivity index (χ3n) is 2.89. The Labute approximate surface area is 113 Å². The van der Waals surface area contributed by atoms with Crippen LogP contribution in [0.5, 0.6) is 5.75 Å². The zero-order chi connectivity index (χ0) is 14.4. The first-order chi connectivity index (χ1) is 8.95. The highest BCUT2D eigenvalue weighted by molar-refractivity contribution is 5.77. The van der Waals surface area contributed by atoms with Crippen LogP contribution in [0, 0.1) is 5.82 Å². The summed E-state index contributed by atoms with van der Waals surface area (Å²) < 4.78 is 19.1. The van der Waals surface area contributed by atoms with Crippen LogP contribution in [0.25, 0.3) is 0 Å². The lowest BCUT2D eigenvalue weighted by Crippen LogP contribution is -2.28. The van der Waals surface area contributed by atoms with E-state index < -0.39 is 5.82 Å². The van der Waals surface area contributed by atoms with Gasteiger partial charge in [-0.25, -0.2) is 4.39 Å². The molecule has 1 unspecified atom stereocenters. The van der Waals surface area contributed by atoms with Gasteiger partial charge >= 0.3 is 0 Å².